The predicted molar refractivity (Wildman–Crippen MR) is 69.7 cm³/mol. The van der Waals surface area contributed by atoms with Crippen LogP contribution >= 0.6 is 0 Å². The summed E-state index contributed by atoms with van der Waals surface area (Å²) in [6.07, 6.45) is 6.76. The van der Waals surface area contributed by atoms with E-state index in [-0.39, 0.29) is 11.4 Å². The van der Waals surface area contributed by atoms with Crippen LogP contribution in [0, 0.1) is 0 Å². The van der Waals surface area contributed by atoms with Crippen LogP contribution < -0.4 is 0 Å². The number of carbonyl (C=O) groups excluding carboxylic acids is 1. The SMILES string of the molecule is CC(C)(C)N1CCN(C(=O)C2=CC=CC2)CC1. The van der Waals surface area contributed by atoms with E-state index >= 15 is 0 Å². The Hall–Kier alpha value is -1.09. The second kappa shape index (κ2) is 4.65. The van der Waals surface area contributed by atoms with Crippen LogP contribution in [0.4, 0.5) is 0 Å². The second-order valence-electron chi connectivity index (χ2n) is 5.77. The van der Waals surface area contributed by atoms with Crippen molar-refractivity contribution in [2.24, 2.45) is 0 Å². The molecule has 0 N–H and O–H groups in total. The highest BCUT2D eigenvalue weighted by Gasteiger charge is 2.28. The lowest BCUT2D eigenvalue weighted by atomic mass is 10.0. The maximum absolute atomic E-state index is 12.2. The average Bonchev–Trinajstić information content (AvgIpc) is 2.80. The molecule has 0 saturated carbocycles. The van der Waals surface area contributed by atoms with E-state index in [2.05, 4.69) is 25.7 Å². The third kappa shape index (κ3) is 2.78. The summed E-state index contributed by atoms with van der Waals surface area (Å²) in [7, 11) is 0. The van der Waals surface area contributed by atoms with Crippen LogP contribution in [0.5, 0.6) is 0 Å². The third-order valence-electron chi connectivity index (χ3n) is 3.56. The van der Waals surface area contributed by atoms with Crippen molar-refractivity contribution >= 4 is 5.91 Å². The van der Waals surface area contributed by atoms with Crippen molar-refractivity contribution < 1.29 is 4.79 Å². The summed E-state index contributed by atoms with van der Waals surface area (Å²) in [4.78, 5) is 16.6. The van der Waals surface area contributed by atoms with Gasteiger partial charge in [-0.2, -0.15) is 0 Å². The molecule has 0 aromatic rings. The Morgan fingerprint density at radius 2 is 1.82 bits per heavy atom. The highest BCUT2D eigenvalue weighted by Crippen LogP contribution is 2.19. The third-order valence-corrected chi connectivity index (χ3v) is 3.56. The Morgan fingerprint density at radius 3 is 2.29 bits per heavy atom. The molecule has 1 fully saturated rings. The molecule has 94 valence electrons. The number of hydrogen-bond acceptors (Lipinski definition) is 2. The normalized spacial score (nSPS) is 21.8. The Balaban J connectivity index is 1.89. The first-order chi connectivity index (χ1) is 7.98. The summed E-state index contributed by atoms with van der Waals surface area (Å²) >= 11 is 0. The first-order valence-electron chi connectivity index (χ1n) is 6.38. The first kappa shape index (κ1) is 12.4. The summed E-state index contributed by atoms with van der Waals surface area (Å²) < 4.78 is 0. The van der Waals surface area contributed by atoms with Gasteiger partial charge in [0.15, 0.2) is 0 Å². The second-order valence-corrected chi connectivity index (χ2v) is 5.77. The van der Waals surface area contributed by atoms with Crippen molar-refractivity contribution in [1.29, 1.82) is 0 Å². The van der Waals surface area contributed by atoms with Gasteiger partial charge < -0.3 is 4.90 Å². The molecule has 0 unspecified atom stereocenters. The molecule has 0 bridgehead atoms. The summed E-state index contributed by atoms with van der Waals surface area (Å²) in [6, 6.07) is 0. The molecule has 1 saturated heterocycles. The monoisotopic (exact) mass is 234 g/mol. The lowest BCUT2D eigenvalue weighted by molar-refractivity contribution is -0.129. The lowest BCUT2D eigenvalue weighted by Crippen LogP contribution is -2.54. The van der Waals surface area contributed by atoms with Crippen LogP contribution in [-0.4, -0.2) is 47.4 Å². The molecule has 2 aliphatic rings. The van der Waals surface area contributed by atoms with E-state index in [9.17, 15) is 4.79 Å². The van der Waals surface area contributed by atoms with Gasteiger partial charge in [-0.15, -0.1) is 0 Å². The largest absolute Gasteiger partial charge is 0.336 e. The van der Waals surface area contributed by atoms with Gasteiger partial charge in [0.25, 0.3) is 0 Å². The van der Waals surface area contributed by atoms with E-state index < -0.39 is 0 Å². The summed E-state index contributed by atoms with van der Waals surface area (Å²) in [6.45, 7) is 10.4. The zero-order valence-corrected chi connectivity index (χ0v) is 11.1. The maximum atomic E-state index is 12.2. The van der Waals surface area contributed by atoms with Gasteiger partial charge in [-0.05, 0) is 27.2 Å². The van der Waals surface area contributed by atoms with Crippen LogP contribution in [0.2, 0.25) is 0 Å². The lowest BCUT2D eigenvalue weighted by Gasteiger charge is -2.42. The minimum absolute atomic E-state index is 0.212. The molecule has 0 radical (unpaired) electrons. The van der Waals surface area contributed by atoms with Gasteiger partial charge in [-0.25, -0.2) is 0 Å². The van der Waals surface area contributed by atoms with Gasteiger partial charge in [0.05, 0.1) is 0 Å². The van der Waals surface area contributed by atoms with Crippen molar-refractivity contribution in [3.63, 3.8) is 0 Å². The van der Waals surface area contributed by atoms with Gasteiger partial charge in [-0.1, -0.05) is 18.2 Å². The highest BCUT2D eigenvalue weighted by atomic mass is 16.2. The Kier molecular flexibility index (Phi) is 3.38. The fourth-order valence-electron chi connectivity index (χ4n) is 2.39. The number of piperazine rings is 1. The smallest absolute Gasteiger partial charge is 0.250 e. The van der Waals surface area contributed by atoms with Crippen LogP contribution in [0.1, 0.15) is 27.2 Å². The Morgan fingerprint density at radius 1 is 1.18 bits per heavy atom. The number of nitrogens with zero attached hydrogens (tertiary/aromatic N) is 2. The number of allylic oxidation sites excluding steroid dienone is 3. The number of carbonyl (C=O) groups is 1. The molecule has 0 atom stereocenters. The molecule has 0 aromatic carbocycles. The van der Waals surface area contributed by atoms with Crippen LogP contribution in [0.15, 0.2) is 23.8 Å². The van der Waals surface area contributed by atoms with Crippen molar-refractivity contribution in [2.75, 3.05) is 26.2 Å². The van der Waals surface area contributed by atoms with Crippen molar-refractivity contribution in [3.8, 4) is 0 Å². The van der Waals surface area contributed by atoms with Crippen molar-refractivity contribution in [3.05, 3.63) is 23.8 Å². The molecule has 1 aliphatic carbocycles. The predicted octanol–water partition coefficient (Wildman–Crippen LogP) is 1.82. The molecule has 0 spiro atoms. The molecule has 1 amide bonds. The maximum Gasteiger partial charge on any atom is 0.250 e. The zero-order valence-electron chi connectivity index (χ0n) is 11.1. The average molecular weight is 234 g/mol. The van der Waals surface area contributed by atoms with Gasteiger partial charge in [-0.3, -0.25) is 9.69 Å². The molecule has 1 aliphatic heterocycles. The highest BCUT2D eigenvalue weighted by molar-refractivity contribution is 5.94. The van der Waals surface area contributed by atoms with Gasteiger partial charge in [0, 0.05) is 37.3 Å². The molecule has 3 heteroatoms. The fourth-order valence-corrected chi connectivity index (χ4v) is 2.39. The Bertz CT molecular complexity index is 355. The summed E-state index contributed by atoms with van der Waals surface area (Å²) in [5.41, 5.74) is 1.15. The molecule has 2 rings (SSSR count). The van der Waals surface area contributed by atoms with Crippen LogP contribution in [-0.2, 0) is 4.79 Å². The standard InChI is InChI=1S/C14H22N2O/c1-14(2,3)16-10-8-15(9-11-16)13(17)12-6-4-5-7-12/h4-6H,7-11H2,1-3H3. The molecular formula is C14H22N2O. The van der Waals surface area contributed by atoms with E-state index in [1.54, 1.807) is 0 Å². The van der Waals surface area contributed by atoms with Crippen molar-refractivity contribution in [1.82, 2.24) is 9.80 Å². The zero-order chi connectivity index (χ0) is 12.5. The Labute approximate surface area is 104 Å². The van der Waals surface area contributed by atoms with Crippen LogP contribution in [0.25, 0.3) is 0 Å². The van der Waals surface area contributed by atoms with E-state index in [0.29, 0.717) is 0 Å². The number of hydrogen-bond donors (Lipinski definition) is 0. The minimum Gasteiger partial charge on any atom is -0.336 e. The summed E-state index contributed by atoms with van der Waals surface area (Å²) in [5.74, 6) is 0.226. The van der Waals surface area contributed by atoms with E-state index in [0.717, 1.165) is 38.2 Å². The number of amides is 1. The van der Waals surface area contributed by atoms with E-state index in [1.807, 2.05) is 23.1 Å². The van der Waals surface area contributed by atoms with E-state index in [1.165, 1.54) is 0 Å². The topological polar surface area (TPSA) is 23.6 Å². The van der Waals surface area contributed by atoms with Crippen molar-refractivity contribution in [2.45, 2.75) is 32.7 Å². The molecule has 1 heterocycles. The molecular weight excluding hydrogens is 212 g/mol. The van der Waals surface area contributed by atoms with Gasteiger partial charge in [0.1, 0.15) is 0 Å². The minimum atomic E-state index is 0.212. The van der Waals surface area contributed by atoms with E-state index in [4.69, 9.17) is 0 Å². The molecule has 3 nitrogen and oxygen atoms in total. The summed E-state index contributed by atoms with van der Waals surface area (Å²) in [5, 5.41) is 0. The van der Waals surface area contributed by atoms with Gasteiger partial charge in [0.2, 0.25) is 5.91 Å². The van der Waals surface area contributed by atoms with Gasteiger partial charge >= 0.3 is 0 Å². The fraction of sp³-hybridized carbons (Fsp3) is 0.643. The molecule has 17 heavy (non-hydrogen) atoms. The first-order valence-corrected chi connectivity index (χ1v) is 6.38. The number of rotatable bonds is 1. The molecule has 0 aromatic heterocycles. The quantitative estimate of drug-likeness (QED) is 0.691. The van der Waals surface area contributed by atoms with Crippen LogP contribution in [0.3, 0.4) is 0 Å².